The molecule has 0 aliphatic rings. The molecule has 0 unspecified atom stereocenters. The normalized spacial score (nSPS) is 10.1. The van der Waals surface area contributed by atoms with Gasteiger partial charge in [-0.1, -0.05) is 42.5 Å². The molecular formula is C22H18O6. The summed E-state index contributed by atoms with van der Waals surface area (Å²) in [6.07, 6.45) is 0. The largest absolute Gasteiger partial charge is 0.490 e. The van der Waals surface area contributed by atoms with Crippen molar-refractivity contribution >= 4 is 11.9 Å². The van der Waals surface area contributed by atoms with Gasteiger partial charge in [0.15, 0.2) is 0 Å². The summed E-state index contributed by atoms with van der Waals surface area (Å²) in [5.74, 6) is -0.845. The number of hydrogen-bond donors (Lipinski definition) is 1. The molecule has 3 aromatic rings. The van der Waals surface area contributed by atoms with Crippen LogP contribution in [0.4, 0.5) is 0 Å². The number of carbonyl (C=O) groups excluding carboxylic acids is 1. The first-order valence-electron chi connectivity index (χ1n) is 8.59. The molecule has 0 heterocycles. The average Bonchev–Trinajstić information content (AvgIpc) is 2.72. The van der Waals surface area contributed by atoms with Gasteiger partial charge in [0.1, 0.15) is 41.6 Å². The molecule has 0 aromatic heterocycles. The molecule has 142 valence electrons. The smallest absolute Gasteiger partial charge is 0.347 e. The van der Waals surface area contributed by atoms with Crippen LogP contribution >= 0.6 is 0 Å². The number of carboxylic acids is 1. The maximum atomic E-state index is 12.5. The molecule has 0 amide bonds. The van der Waals surface area contributed by atoms with Gasteiger partial charge in [-0.2, -0.15) is 0 Å². The SMILES string of the molecule is O=C(O)c1ccccc1OC(=O)c1ccccc1OCCOc1ccccc1. The minimum Gasteiger partial charge on any atom is -0.490 e. The van der Waals surface area contributed by atoms with Crippen LogP contribution in [0.15, 0.2) is 78.9 Å². The van der Waals surface area contributed by atoms with Crippen LogP contribution < -0.4 is 14.2 Å². The van der Waals surface area contributed by atoms with Crippen molar-refractivity contribution in [2.24, 2.45) is 0 Å². The van der Waals surface area contributed by atoms with Crippen molar-refractivity contribution in [3.63, 3.8) is 0 Å². The van der Waals surface area contributed by atoms with Gasteiger partial charge in [0, 0.05) is 0 Å². The molecule has 3 aromatic carbocycles. The number of benzene rings is 3. The number of carbonyl (C=O) groups is 2. The molecule has 0 radical (unpaired) electrons. The molecule has 0 fully saturated rings. The summed E-state index contributed by atoms with van der Waals surface area (Å²) in [5.41, 5.74) is 0.105. The fraction of sp³-hybridized carbons (Fsp3) is 0.0909. The van der Waals surface area contributed by atoms with Crippen molar-refractivity contribution < 1.29 is 28.9 Å². The Hall–Kier alpha value is -3.80. The molecular weight excluding hydrogens is 360 g/mol. The minimum atomic E-state index is -1.18. The number of aromatic carboxylic acids is 1. The third-order valence-corrected chi connectivity index (χ3v) is 3.78. The molecule has 0 bridgehead atoms. The Bertz CT molecular complexity index is 952. The lowest BCUT2D eigenvalue weighted by molar-refractivity contribution is 0.0680. The van der Waals surface area contributed by atoms with Crippen LogP contribution in [0.5, 0.6) is 17.2 Å². The molecule has 0 saturated heterocycles. The van der Waals surface area contributed by atoms with Crippen LogP contribution in [-0.4, -0.2) is 30.3 Å². The summed E-state index contributed by atoms with van der Waals surface area (Å²) in [4.78, 5) is 23.8. The number of esters is 1. The topological polar surface area (TPSA) is 82.1 Å². The predicted octanol–water partition coefficient (Wildman–Crippen LogP) is 4.06. The summed E-state index contributed by atoms with van der Waals surface area (Å²) >= 11 is 0. The Morgan fingerprint density at radius 1 is 0.679 bits per heavy atom. The Labute approximate surface area is 161 Å². The van der Waals surface area contributed by atoms with Gasteiger partial charge in [0.25, 0.3) is 0 Å². The van der Waals surface area contributed by atoms with E-state index in [9.17, 15) is 14.7 Å². The molecule has 0 saturated carbocycles. The zero-order chi connectivity index (χ0) is 19.8. The second-order valence-corrected chi connectivity index (χ2v) is 5.70. The average molecular weight is 378 g/mol. The summed E-state index contributed by atoms with van der Waals surface area (Å²) < 4.78 is 16.5. The Morgan fingerprint density at radius 2 is 1.25 bits per heavy atom. The van der Waals surface area contributed by atoms with Gasteiger partial charge in [-0.05, 0) is 36.4 Å². The van der Waals surface area contributed by atoms with Gasteiger partial charge in [-0.25, -0.2) is 9.59 Å². The van der Waals surface area contributed by atoms with Crippen LogP contribution in [0.3, 0.4) is 0 Å². The van der Waals surface area contributed by atoms with Gasteiger partial charge in [-0.15, -0.1) is 0 Å². The molecule has 0 aliphatic carbocycles. The van der Waals surface area contributed by atoms with E-state index in [1.54, 1.807) is 36.4 Å². The number of carboxylic acid groups (broad SMARTS) is 1. The number of hydrogen-bond acceptors (Lipinski definition) is 5. The van der Waals surface area contributed by atoms with Crippen LogP contribution in [0, 0.1) is 0 Å². The second-order valence-electron chi connectivity index (χ2n) is 5.70. The highest BCUT2D eigenvalue weighted by Gasteiger charge is 2.18. The third kappa shape index (κ3) is 4.88. The van der Waals surface area contributed by atoms with E-state index in [1.165, 1.54) is 12.1 Å². The molecule has 28 heavy (non-hydrogen) atoms. The number of ether oxygens (including phenoxy) is 3. The number of para-hydroxylation sites is 3. The van der Waals surface area contributed by atoms with Gasteiger partial charge in [0.2, 0.25) is 0 Å². The van der Waals surface area contributed by atoms with Crippen molar-refractivity contribution in [1.29, 1.82) is 0 Å². The first-order valence-corrected chi connectivity index (χ1v) is 8.59. The zero-order valence-corrected chi connectivity index (χ0v) is 14.9. The van der Waals surface area contributed by atoms with Crippen LogP contribution in [-0.2, 0) is 0 Å². The molecule has 1 N–H and O–H groups in total. The van der Waals surface area contributed by atoms with E-state index in [-0.39, 0.29) is 23.5 Å². The van der Waals surface area contributed by atoms with E-state index < -0.39 is 11.9 Å². The van der Waals surface area contributed by atoms with Gasteiger partial charge in [-0.3, -0.25) is 0 Å². The Morgan fingerprint density at radius 3 is 1.96 bits per heavy atom. The fourth-order valence-electron chi connectivity index (χ4n) is 2.48. The van der Waals surface area contributed by atoms with E-state index in [0.29, 0.717) is 12.4 Å². The zero-order valence-electron chi connectivity index (χ0n) is 14.9. The summed E-state index contributed by atoms with van der Waals surface area (Å²) in [7, 11) is 0. The Kier molecular flexibility index (Phi) is 6.25. The standard InChI is InChI=1S/C22H18O6/c23-21(24)17-10-4-7-13-20(17)28-22(25)18-11-5-6-12-19(18)27-15-14-26-16-8-2-1-3-9-16/h1-13H,14-15H2,(H,23,24). The maximum Gasteiger partial charge on any atom is 0.347 e. The molecule has 0 atom stereocenters. The van der Waals surface area contributed by atoms with Crippen LogP contribution in [0.2, 0.25) is 0 Å². The van der Waals surface area contributed by atoms with Gasteiger partial charge < -0.3 is 19.3 Å². The van der Waals surface area contributed by atoms with Crippen molar-refractivity contribution in [3.8, 4) is 17.2 Å². The quantitative estimate of drug-likeness (QED) is 0.362. The first kappa shape index (κ1) is 19.0. The van der Waals surface area contributed by atoms with Gasteiger partial charge in [0.05, 0.1) is 0 Å². The third-order valence-electron chi connectivity index (χ3n) is 3.78. The van der Waals surface area contributed by atoms with E-state index >= 15 is 0 Å². The summed E-state index contributed by atoms with van der Waals surface area (Å²) in [5, 5.41) is 9.21. The van der Waals surface area contributed by atoms with Crippen molar-refractivity contribution in [2.45, 2.75) is 0 Å². The number of rotatable bonds is 8. The maximum absolute atomic E-state index is 12.5. The Balaban J connectivity index is 1.64. The van der Waals surface area contributed by atoms with E-state index in [1.807, 2.05) is 30.3 Å². The van der Waals surface area contributed by atoms with Crippen molar-refractivity contribution in [1.82, 2.24) is 0 Å². The highest BCUT2D eigenvalue weighted by atomic mass is 16.5. The van der Waals surface area contributed by atoms with E-state index in [2.05, 4.69) is 0 Å². The lowest BCUT2D eigenvalue weighted by Gasteiger charge is -2.12. The van der Waals surface area contributed by atoms with Crippen molar-refractivity contribution in [2.75, 3.05) is 13.2 Å². The highest BCUT2D eigenvalue weighted by molar-refractivity contribution is 5.96. The van der Waals surface area contributed by atoms with Gasteiger partial charge >= 0.3 is 11.9 Å². The predicted molar refractivity (Wildman–Crippen MR) is 102 cm³/mol. The monoisotopic (exact) mass is 378 g/mol. The summed E-state index contributed by atoms with van der Waals surface area (Å²) in [6.45, 7) is 0.528. The highest BCUT2D eigenvalue weighted by Crippen LogP contribution is 2.23. The van der Waals surface area contributed by atoms with Crippen LogP contribution in [0.1, 0.15) is 20.7 Å². The first-order chi connectivity index (χ1) is 13.6. The molecule has 0 aliphatic heterocycles. The fourth-order valence-corrected chi connectivity index (χ4v) is 2.48. The van der Waals surface area contributed by atoms with E-state index in [0.717, 1.165) is 5.75 Å². The lowest BCUT2D eigenvalue weighted by Crippen LogP contribution is -2.15. The van der Waals surface area contributed by atoms with Crippen molar-refractivity contribution in [3.05, 3.63) is 90.0 Å². The summed E-state index contributed by atoms with van der Waals surface area (Å²) in [6, 6.07) is 21.9. The molecule has 3 rings (SSSR count). The minimum absolute atomic E-state index is 0.0257. The molecule has 0 spiro atoms. The van der Waals surface area contributed by atoms with Crippen LogP contribution in [0.25, 0.3) is 0 Å². The molecule has 6 heteroatoms. The lowest BCUT2D eigenvalue weighted by atomic mass is 10.2. The van der Waals surface area contributed by atoms with E-state index in [4.69, 9.17) is 14.2 Å². The second kappa shape index (κ2) is 9.23. The molecule has 6 nitrogen and oxygen atoms in total.